The number of thiophene rings is 1. The van der Waals surface area contributed by atoms with Crippen molar-refractivity contribution in [3.05, 3.63) is 45.8 Å². The second kappa shape index (κ2) is 6.02. The first-order valence-corrected chi connectivity index (χ1v) is 9.84. The highest BCUT2D eigenvalue weighted by molar-refractivity contribution is 7.99. The van der Waals surface area contributed by atoms with Gasteiger partial charge in [0.05, 0.1) is 5.39 Å². The van der Waals surface area contributed by atoms with Gasteiger partial charge in [0.2, 0.25) is 0 Å². The zero-order valence-corrected chi connectivity index (χ0v) is 15.3. The van der Waals surface area contributed by atoms with E-state index in [0.29, 0.717) is 15.4 Å². The van der Waals surface area contributed by atoms with Crippen molar-refractivity contribution >= 4 is 56.5 Å². The highest BCUT2D eigenvalue weighted by Gasteiger charge is 2.51. The highest BCUT2D eigenvalue weighted by atomic mass is 35.5. The normalized spacial score (nSPS) is 18.9. The molecule has 0 saturated heterocycles. The number of H-pyrrole nitrogens is 1. The minimum atomic E-state index is -0.629. The lowest BCUT2D eigenvalue weighted by atomic mass is 10.1. The summed E-state index contributed by atoms with van der Waals surface area (Å²) >= 11 is 14.9. The van der Waals surface area contributed by atoms with Crippen LogP contribution in [-0.4, -0.2) is 20.1 Å². The Balaban J connectivity index is 1.65. The number of thioether (sulfide) groups is 1. The van der Waals surface area contributed by atoms with E-state index >= 15 is 0 Å². The van der Waals surface area contributed by atoms with Crippen molar-refractivity contribution in [2.24, 2.45) is 5.92 Å². The van der Waals surface area contributed by atoms with Crippen molar-refractivity contribution < 1.29 is 4.39 Å². The second-order valence-electron chi connectivity index (χ2n) is 5.68. The number of fused-ring (bicyclic) bond motifs is 1. The Morgan fingerprint density at radius 3 is 2.75 bits per heavy atom. The van der Waals surface area contributed by atoms with Gasteiger partial charge in [0, 0.05) is 22.6 Å². The van der Waals surface area contributed by atoms with E-state index in [-0.39, 0.29) is 17.3 Å². The minimum Gasteiger partial charge on any atom is -0.301 e. The molecule has 1 fully saturated rings. The van der Waals surface area contributed by atoms with Crippen molar-refractivity contribution in [3.8, 4) is 11.1 Å². The minimum absolute atomic E-state index is 0.193. The average molecular weight is 401 g/mol. The standard InChI is InChI=1S/C16H11Cl2FN2OS2/c17-16(18)5-9(16)6-24-15-20-13(22)12-11(7-23-14(12)21-15)8-1-3-10(19)4-2-8/h1-4,7,9H,5-6H2,(H,20,21,22)/t9-/m1/s1. The smallest absolute Gasteiger partial charge is 0.260 e. The van der Waals surface area contributed by atoms with Gasteiger partial charge in [0.25, 0.3) is 5.56 Å². The molecule has 24 heavy (non-hydrogen) atoms. The number of nitrogens with one attached hydrogen (secondary N) is 1. The summed E-state index contributed by atoms with van der Waals surface area (Å²) in [6.07, 6.45) is 0.767. The highest BCUT2D eigenvalue weighted by Crippen LogP contribution is 2.54. The average Bonchev–Trinajstić information content (AvgIpc) is 2.94. The van der Waals surface area contributed by atoms with Crippen LogP contribution < -0.4 is 5.56 Å². The molecule has 4 rings (SSSR count). The zero-order chi connectivity index (χ0) is 16.9. The molecule has 8 heteroatoms. The Labute approximate surface area is 155 Å². The fourth-order valence-electron chi connectivity index (χ4n) is 2.47. The van der Waals surface area contributed by atoms with E-state index in [2.05, 4.69) is 9.97 Å². The number of hydrogen-bond acceptors (Lipinski definition) is 4. The van der Waals surface area contributed by atoms with E-state index in [0.717, 1.165) is 23.3 Å². The number of rotatable bonds is 4. The molecule has 1 atom stereocenters. The molecule has 0 aliphatic heterocycles. The van der Waals surface area contributed by atoms with Crippen LogP contribution >= 0.6 is 46.3 Å². The van der Waals surface area contributed by atoms with Gasteiger partial charge in [0.1, 0.15) is 15.0 Å². The number of hydrogen-bond donors (Lipinski definition) is 1. The molecule has 1 N–H and O–H groups in total. The van der Waals surface area contributed by atoms with E-state index in [9.17, 15) is 9.18 Å². The van der Waals surface area contributed by atoms with Crippen LogP contribution in [0.15, 0.2) is 39.6 Å². The lowest BCUT2D eigenvalue weighted by molar-refractivity contribution is 0.628. The third-order valence-electron chi connectivity index (χ3n) is 3.95. The molecule has 124 valence electrons. The SMILES string of the molecule is O=c1[nH]c(SC[C@H]2CC2(Cl)Cl)nc2scc(-c3ccc(F)cc3)c12. The molecule has 2 heterocycles. The molecule has 3 aromatic rings. The van der Waals surface area contributed by atoms with E-state index in [1.165, 1.54) is 35.2 Å². The van der Waals surface area contributed by atoms with Gasteiger partial charge in [-0.25, -0.2) is 9.37 Å². The molecule has 0 radical (unpaired) electrons. The van der Waals surface area contributed by atoms with Crippen molar-refractivity contribution in [3.63, 3.8) is 0 Å². The van der Waals surface area contributed by atoms with Crippen molar-refractivity contribution in [2.75, 3.05) is 5.75 Å². The number of aromatic nitrogens is 2. The predicted molar refractivity (Wildman–Crippen MR) is 98.9 cm³/mol. The number of benzene rings is 1. The van der Waals surface area contributed by atoms with Crippen LogP contribution in [-0.2, 0) is 0 Å². The summed E-state index contributed by atoms with van der Waals surface area (Å²) in [5, 5.41) is 2.97. The predicted octanol–water partition coefficient (Wildman–Crippen LogP) is 5.08. The van der Waals surface area contributed by atoms with Gasteiger partial charge in [-0.05, 0) is 24.1 Å². The summed E-state index contributed by atoms with van der Waals surface area (Å²) in [5.74, 6) is 0.640. The van der Waals surface area contributed by atoms with Gasteiger partial charge in [0.15, 0.2) is 5.16 Å². The summed E-state index contributed by atoms with van der Waals surface area (Å²) in [6.45, 7) is 0. The number of aromatic amines is 1. The zero-order valence-electron chi connectivity index (χ0n) is 12.2. The van der Waals surface area contributed by atoms with Crippen LogP contribution in [0, 0.1) is 11.7 Å². The van der Waals surface area contributed by atoms with Crippen molar-refractivity contribution in [1.29, 1.82) is 0 Å². The van der Waals surface area contributed by atoms with E-state index in [1.54, 1.807) is 12.1 Å². The Bertz CT molecular complexity index is 968. The van der Waals surface area contributed by atoms with Crippen LogP contribution in [0.25, 0.3) is 21.3 Å². The molecule has 1 saturated carbocycles. The molecule has 1 aliphatic carbocycles. The van der Waals surface area contributed by atoms with Crippen LogP contribution in [0.3, 0.4) is 0 Å². The lowest BCUT2D eigenvalue weighted by Crippen LogP contribution is -2.09. The molecule has 1 aromatic carbocycles. The van der Waals surface area contributed by atoms with Gasteiger partial charge in [-0.1, -0.05) is 23.9 Å². The monoisotopic (exact) mass is 400 g/mol. The van der Waals surface area contributed by atoms with Gasteiger partial charge in [-0.15, -0.1) is 34.5 Å². The number of nitrogens with zero attached hydrogens (tertiary/aromatic N) is 1. The maximum absolute atomic E-state index is 13.1. The summed E-state index contributed by atoms with van der Waals surface area (Å²) in [6, 6.07) is 6.08. The fraction of sp³-hybridized carbons (Fsp3) is 0.250. The molecular formula is C16H11Cl2FN2OS2. The first-order chi connectivity index (χ1) is 11.4. The second-order valence-corrected chi connectivity index (χ2v) is 9.09. The Hall–Kier alpha value is -1.08. The van der Waals surface area contributed by atoms with Gasteiger partial charge >= 0.3 is 0 Å². The molecule has 2 aromatic heterocycles. The van der Waals surface area contributed by atoms with Crippen LogP contribution in [0.5, 0.6) is 0 Å². The first-order valence-electron chi connectivity index (χ1n) is 7.22. The summed E-state index contributed by atoms with van der Waals surface area (Å²) < 4.78 is 12.5. The van der Waals surface area contributed by atoms with E-state index in [4.69, 9.17) is 23.2 Å². The molecule has 0 spiro atoms. The van der Waals surface area contributed by atoms with Gasteiger partial charge in [-0.2, -0.15) is 0 Å². The first kappa shape index (κ1) is 16.4. The van der Waals surface area contributed by atoms with Crippen LogP contribution in [0.2, 0.25) is 0 Å². The molecule has 3 nitrogen and oxygen atoms in total. The van der Waals surface area contributed by atoms with Crippen molar-refractivity contribution in [1.82, 2.24) is 9.97 Å². The Kier molecular flexibility index (Phi) is 4.11. The van der Waals surface area contributed by atoms with E-state index < -0.39 is 4.33 Å². The molecule has 0 amide bonds. The number of alkyl halides is 2. The third kappa shape index (κ3) is 3.08. The largest absolute Gasteiger partial charge is 0.301 e. The topological polar surface area (TPSA) is 45.8 Å². The van der Waals surface area contributed by atoms with Crippen molar-refractivity contribution in [2.45, 2.75) is 15.9 Å². The van der Waals surface area contributed by atoms with Crippen LogP contribution in [0.1, 0.15) is 6.42 Å². The van der Waals surface area contributed by atoms with Gasteiger partial charge in [-0.3, -0.25) is 4.79 Å². The summed E-state index contributed by atoms with van der Waals surface area (Å²) in [7, 11) is 0. The lowest BCUT2D eigenvalue weighted by Gasteiger charge is -2.02. The molecule has 0 unspecified atom stereocenters. The summed E-state index contributed by atoms with van der Waals surface area (Å²) in [5.41, 5.74) is 1.37. The number of halogens is 3. The molecule has 1 aliphatic rings. The third-order valence-corrected chi connectivity index (χ3v) is 6.79. The van der Waals surface area contributed by atoms with Crippen LogP contribution in [0.4, 0.5) is 4.39 Å². The molecule has 0 bridgehead atoms. The molecular weight excluding hydrogens is 390 g/mol. The quantitative estimate of drug-likeness (QED) is 0.377. The Morgan fingerprint density at radius 1 is 1.38 bits per heavy atom. The fourth-order valence-corrected chi connectivity index (χ4v) is 5.27. The summed E-state index contributed by atoms with van der Waals surface area (Å²) in [4.78, 5) is 20.5. The maximum Gasteiger partial charge on any atom is 0.260 e. The Morgan fingerprint density at radius 2 is 2.08 bits per heavy atom. The van der Waals surface area contributed by atoms with Gasteiger partial charge < -0.3 is 4.98 Å². The van der Waals surface area contributed by atoms with E-state index in [1.807, 2.05) is 5.38 Å². The maximum atomic E-state index is 13.1.